The number of nitrogens with one attached hydrogen (secondary N) is 1. The molecule has 0 radical (unpaired) electrons. The number of likely N-dealkylation sites (tertiary alicyclic amines) is 1. The summed E-state index contributed by atoms with van der Waals surface area (Å²) in [5.41, 5.74) is 2.56. The van der Waals surface area contributed by atoms with Crippen molar-refractivity contribution in [2.45, 2.75) is 38.9 Å². The van der Waals surface area contributed by atoms with Crippen molar-refractivity contribution in [1.29, 1.82) is 0 Å². The Morgan fingerprint density at radius 1 is 1.13 bits per heavy atom. The van der Waals surface area contributed by atoms with Gasteiger partial charge in [-0.1, -0.05) is 12.1 Å². The van der Waals surface area contributed by atoms with Crippen LogP contribution in [0.3, 0.4) is 0 Å². The summed E-state index contributed by atoms with van der Waals surface area (Å²) in [7, 11) is 1.63. The number of nitrogens with zero attached hydrogens (tertiary/aromatic N) is 5. The van der Waals surface area contributed by atoms with Gasteiger partial charge in [0.15, 0.2) is 5.65 Å². The molecular weight excluding hydrogens is 409 g/mol. The van der Waals surface area contributed by atoms with E-state index in [0.29, 0.717) is 17.9 Å². The third-order valence-electron chi connectivity index (χ3n) is 5.87. The van der Waals surface area contributed by atoms with Gasteiger partial charge >= 0.3 is 6.18 Å². The molecule has 31 heavy (non-hydrogen) atoms. The molecule has 7 nitrogen and oxygen atoms in total. The number of fused-ring (bicyclic) bond motifs is 1. The number of halogens is 3. The van der Waals surface area contributed by atoms with Crippen molar-refractivity contribution in [2.24, 2.45) is 0 Å². The first-order valence-electron chi connectivity index (χ1n) is 10.2. The average molecular weight is 434 g/mol. The molecule has 1 N–H and O–H groups in total. The van der Waals surface area contributed by atoms with Gasteiger partial charge in [-0.2, -0.15) is 17.7 Å². The van der Waals surface area contributed by atoms with Crippen molar-refractivity contribution in [3.63, 3.8) is 0 Å². The first-order valence-corrected chi connectivity index (χ1v) is 10.2. The molecule has 0 bridgehead atoms. The summed E-state index contributed by atoms with van der Waals surface area (Å²) in [6.07, 6.45) is -2.39. The van der Waals surface area contributed by atoms with Crippen LogP contribution in [-0.2, 0) is 6.18 Å². The van der Waals surface area contributed by atoms with Gasteiger partial charge in [-0.05, 0) is 63.0 Å². The van der Waals surface area contributed by atoms with E-state index in [9.17, 15) is 13.2 Å². The summed E-state index contributed by atoms with van der Waals surface area (Å²) in [6.45, 7) is 5.99. The monoisotopic (exact) mass is 434 g/mol. The third-order valence-corrected chi connectivity index (χ3v) is 5.87. The maximum absolute atomic E-state index is 13.3. The van der Waals surface area contributed by atoms with E-state index < -0.39 is 12.0 Å². The molecular formula is C21H25F3N6O. The van der Waals surface area contributed by atoms with Crippen molar-refractivity contribution < 1.29 is 17.9 Å². The van der Waals surface area contributed by atoms with Crippen LogP contribution in [0.1, 0.15) is 41.4 Å². The number of ether oxygens (including phenoxy) is 1. The molecule has 0 amide bonds. The fourth-order valence-corrected chi connectivity index (χ4v) is 4.03. The maximum Gasteiger partial charge on any atom is 0.453 e. The number of hydrogen-bond acceptors (Lipinski definition) is 6. The topological polar surface area (TPSA) is 67.6 Å². The van der Waals surface area contributed by atoms with Crippen LogP contribution in [-0.4, -0.2) is 51.5 Å². The number of methoxy groups -OCH3 is 1. The lowest BCUT2D eigenvalue weighted by atomic mass is 10.0. The quantitative estimate of drug-likeness (QED) is 0.632. The van der Waals surface area contributed by atoms with Gasteiger partial charge in [0.05, 0.1) is 13.2 Å². The standard InChI is InChI=1S/C21H25F3N6O/c1-13-14(2)19-26-27-20(21(22,23)24)30(19)28-18(13)25-12-17(29-9-4-5-10-29)15-7-6-8-16(11-15)31-3/h6-8,11,17H,4-5,9-10,12H2,1-3H3,(H,25,28). The second-order valence-corrected chi connectivity index (χ2v) is 7.77. The Bertz CT molecular complexity index is 1070. The Hall–Kier alpha value is -2.88. The molecule has 1 aromatic carbocycles. The number of hydrogen-bond donors (Lipinski definition) is 1. The van der Waals surface area contributed by atoms with Crippen LogP contribution < -0.4 is 10.1 Å². The highest BCUT2D eigenvalue weighted by atomic mass is 19.4. The third kappa shape index (κ3) is 4.16. The molecule has 4 rings (SSSR count). The molecule has 1 saturated heterocycles. The molecule has 3 heterocycles. The number of benzene rings is 1. The summed E-state index contributed by atoms with van der Waals surface area (Å²) in [5, 5.41) is 14.5. The fourth-order valence-electron chi connectivity index (χ4n) is 4.03. The van der Waals surface area contributed by atoms with Crippen molar-refractivity contribution in [3.05, 3.63) is 46.8 Å². The molecule has 0 saturated carbocycles. The fraction of sp³-hybridized carbons (Fsp3) is 0.476. The largest absolute Gasteiger partial charge is 0.497 e. The lowest BCUT2D eigenvalue weighted by molar-refractivity contribution is -0.146. The molecule has 1 atom stereocenters. The molecule has 0 spiro atoms. The zero-order valence-corrected chi connectivity index (χ0v) is 17.7. The first kappa shape index (κ1) is 21.4. The predicted octanol–water partition coefficient (Wildman–Crippen LogP) is 4.02. The first-order chi connectivity index (χ1) is 14.8. The Balaban J connectivity index is 1.67. The summed E-state index contributed by atoms with van der Waals surface area (Å²) in [4.78, 5) is 2.38. The molecule has 3 aromatic rings. The molecule has 1 unspecified atom stereocenters. The Labute approximate surface area is 178 Å². The Morgan fingerprint density at radius 2 is 1.87 bits per heavy atom. The smallest absolute Gasteiger partial charge is 0.453 e. The van der Waals surface area contributed by atoms with Crippen molar-refractivity contribution >= 4 is 11.5 Å². The van der Waals surface area contributed by atoms with Gasteiger partial charge in [0.25, 0.3) is 5.82 Å². The Kier molecular flexibility index (Phi) is 5.74. The summed E-state index contributed by atoms with van der Waals surface area (Å²) < 4.78 is 46.1. The van der Waals surface area contributed by atoms with Crippen LogP contribution in [0, 0.1) is 13.8 Å². The summed E-state index contributed by atoms with van der Waals surface area (Å²) >= 11 is 0. The van der Waals surface area contributed by atoms with Gasteiger partial charge in [0, 0.05) is 12.1 Å². The zero-order chi connectivity index (χ0) is 22.2. The minimum atomic E-state index is -4.63. The highest BCUT2D eigenvalue weighted by Gasteiger charge is 2.38. The van der Waals surface area contributed by atoms with Crippen LogP contribution in [0.25, 0.3) is 5.65 Å². The zero-order valence-electron chi connectivity index (χ0n) is 17.7. The normalized spacial score (nSPS) is 16.1. The second kappa shape index (κ2) is 8.33. The van der Waals surface area contributed by atoms with Crippen molar-refractivity contribution in [3.8, 4) is 5.75 Å². The molecule has 2 aromatic heterocycles. The van der Waals surface area contributed by atoms with Crippen LogP contribution >= 0.6 is 0 Å². The number of aryl methyl sites for hydroxylation is 1. The minimum Gasteiger partial charge on any atom is -0.497 e. The van der Waals surface area contributed by atoms with Crippen LogP contribution in [0.5, 0.6) is 5.75 Å². The highest BCUT2D eigenvalue weighted by molar-refractivity contribution is 5.58. The van der Waals surface area contributed by atoms with Crippen molar-refractivity contribution in [2.75, 3.05) is 32.1 Å². The van der Waals surface area contributed by atoms with E-state index in [1.807, 2.05) is 31.2 Å². The van der Waals surface area contributed by atoms with Gasteiger partial charge < -0.3 is 10.1 Å². The average Bonchev–Trinajstić information content (AvgIpc) is 3.41. The van der Waals surface area contributed by atoms with E-state index in [0.717, 1.165) is 47.3 Å². The van der Waals surface area contributed by atoms with Gasteiger partial charge in [-0.15, -0.1) is 15.3 Å². The predicted molar refractivity (Wildman–Crippen MR) is 110 cm³/mol. The molecule has 10 heteroatoms. The second-order valence-electron chi connectivity index (χ2n) is 7.77. The minimum absolute atomic E-state index is 0.0396. The van der Waals surface area contributed by atoms with Crippen molar-refractivity contribution in [1.82, 2.24) is 24.7 Å². The van der Waals surface area contributed by atoms with Gasteiger partial charge in [0.1, 0.15) is 11.6 Å². The van der Waals surface area contributed by atoms with E-state index in [1.165, 1.54) is 0 Å². The highest BCUT2D eigenvalue weighted by Crippen LogP contribution is 2.31. The number of aromatic nitrogens is 4. The van der Waals surface area contributed by atoms with E-state index in [1.54, 1.807) is 14.0 Å². The maximum atomic E-state index is 13.3. The van der Waals surface area contributed by atoms with Crippen LogP contribution in [0.2, 0.25) is 0 Å². The van der Waals surface area contributed by atoms with Crippen LogP contribution in [0.4, 0.5) is 19.0 Å². The molecule has 1 aliphatic heterocycles. The molecule has 1 fully saturated rings. The van der Waals surface area contributed by atoms with E-state index >= 15 is 0 Å². The molecule has 1 aliphatic rings. The number of rotatable bonds is 6. The lowest BCUT2D eigenvalue weighted by Gasteiger charge is -2.29. The lowest BCUT2D eigenvalue weighted by Crippen LogP contribution is -2.31. The van der Waals surface area contributed by atoms with Crippen LogP contribution in [0.15, 0.2) is 24.3 Å². The van der Waals surface area contributed by atoms with Gasteiger partial charge in [0.2, 0.25) is 0 Å². The van der Waals surface area contributed by atoms with E-state index in [4.69, 9.17) is 4.74 Å². The summed E-state index contributed by atoms with van der Waals surface area (Å²) in [5.74, 6) is 0.0347. The van der Waals surface area contributed by atoms with Gasteiger partial charge in [-0.25, -0.2) is 0 Å². The van der Waals surface area contributed by atoms with Gasteiger partial charge in [-0.3, -0.25) is 4.90 Å². The summed E-state index contributed by atoms with van der Waals surface area (Å²) in [6, 6.07) is 7.93. The van der Waals surface area contributed by atoms with E-state index in [-0.39, 0.29) is 11.7 Å². The Morgan fingerprint density at radius 3 is 2.55 bits per heavy atom. The SMILES string of the molecule is COc1cccc(C(CNc2nn3c(C(F)(F)F)nnc3c(C)c2C)N2CCCC2)c1. The number of alkyl halides is 3. The van der Waals surface area contributed by atoms with E-state index in [2.05, 4.69) is 25.5 Å². The number of anilines is 1. The molecule has 0 aliphatic carbocycles. The molecule has 166 valence electrons.